The number of hydrogen-bond donors (Lipinski definition) is 0. The molecule has 20 heavy (non-hydrogen) atoms. The van der Waals surface area contributed by atoms with Crippen LogP contribution in [0.3, 0.4) is 0 Å². The second kappa shape index (κ2) is 6.18. The average Bonchev–Trinajstić information content (AvgIpc) is 2.44. The number of methoxy groups -OCH3 is 1. The molecule has 2 aromatic rings. The van der Waals surface area contributed by atoms with E-state index in [0.29, 0.717) is 23.7 Å². The zero-order valence-electron chi connectivity index (χ0n) is 11.7. The Balaban J connectivity index is 2.49. The number of ether oxygens (including phenoxy) is 1. The van der Waals surface area contributed by atoms with Gasteiger partial charge in [-0.15, -0.1) is 0 Å². The molecule has 1 aromatic heterocycles. The Labute approximate surface area is 122 Å². The first-order valence-electron chi connectivity index (χ1n) is 6.40. The standard InChI is InChI=1S/C15H16ClFN2O/c1-4-13-11(15(20-3)19-9(2)18-13)8-10-6-5-7-12(17)14(10)16/h5-7H,4,8H2,1-3H3. The fourth-order valence-electron chi connectivity index (χ4n) is 2.14. The van der Waals surface area contributed by atoms with Gasteiger partial charge >= 0.3 is 0 Å². The topological polar surface area (TPSA) is 35.0 Å². The van der Waals surface area contributed by atoms with Crippen LogP contribution in [0.15, 0.2) is 18.2 Å². The van der Waals surface area contributed by atoms with Crippen molar-refractivity contribution in [1.29, 1.82) is 0 Å². The lowest BCUT2D eigenvalue weighted by Gasteiger charge is -2.13. The molecule has 2 rings (SSSR count). The van der Waals surface area contributed by atoms with Gasteiger partial charge in [0.25, 0.3) is 0 Å². The van der Waals surface area contributed by atoms with E-state index in [9.17, 15) is 4.39 Å². The normalized spacial score (nSPS) is 10.7. The SMILES string of the molecule is CCc1nc(C)nc(OC)c1Cc1cccc(F)c1Cl. The largest absolute Gasteiger partial charge is 0.481 e. The van der Waals surface area contributed by atoms with Gasteiger partial charge in [0, 0.05) is 12.0 Å². The van der Waals surface area contributed by atoms with Gasteiger partial charge in [-0.2, -0.15) is 4.98 Å². The summed E-state index contributed by atoms with van der Waals surface area (Å²) in [5.41, 5.74) is 2.45. The molecule has 0 atom stereocenters. The van der Waals surface area contributed by atoms with Crippen LogP contribution in [0.4, 0.5) is 4.39 Å². The molecule has 3 nitrogen and oxygen atoms in total. The van der Waals surface area contributed by atoms with Crippen LogP contribution in [0.1, 0.15) is 29.6 Å². The molecule has 0 aliphatic rings. The molecule has 0 saturated heterocycles. The van der Waals surface area contributed by atoms with E-state index in [-0.39, 0.29) is 5.02 Å². The summed E-state index contributed by atoms with van der Waals surface area (Å²) < 4.78 is 18.8. The molecule has 0 bridgehead atoms. The van der Waals surface area contributed by atoms with Crippen LogP contribution in [-0.4, -0.2) is 17.1 Å². The van der Waals surface area contributed by atoms with Crippen molar-refractivity contribution in [3.63, 3.8) is 0 Å². The van der Waals surface area contributed by atoms with E-state index in [1.54, 1.807) is 19.2 Å². The first kappa shape index (κ1) is 14.7. The van der Waals surface area contributed by atoms with Crippen molar-refractivity contribution in [1.82, 2.24) is 9.97 Å². The van der Waals surface area contributed by atoms with Gasteiger partial charge in [-0.3, -0.25) is 0 Å². The molecule has 0 aliphatic carbocycles. The van der Waals surface area contributed by atoms with Crippen LogP contribution in [-0.2, 0) is 12.8 Å². The van der Waals surface area contributed by atoms with Gasteiger partial charge in [-0.05, 0) is 25.0 Å². The molecule has 0 fully saturated rings. The lowest BCUT2D eigenvalue weighted by atomic mass is 10.0. The summed E-state index contributed by atoms with van der Waals surface area (Å²) in [5, 5.41) is 0.136. The smallest absolute Gasteiger partial charge is 0.220 e. The maximum absolute atomic E-state index is 13.5. The van der Waals surface area contributed by atoms with Crippen molar-refractivity contribution in [3.05, 3.63) is 51.7 Å². The Morgan fingerprint density at radius 1 is 1.30 bits per heavy atom. The van der Waals surface area contributed by atoms with Crippen LogP contribution in [0.25, 0.3) is 0 Å². The lowest BCUT2D eigenvalue weighted by Crippen LogP contribution is -2.06. The number of benzene rings is 1. The van der Waals surface area contributed by atoms with E-state index < -0.39 is 5.82 Å². The number of hydrogen-bond acceptors (Lipinski definition) is 3. The van der Waals surface area contributed by atoms with E-state index >= 15 is 0 Å². The van der Waals surface area contributed by atoms with Gasteiger partial charge in [-0.1, -0.05) is 30.7 Å². The fraction of sp³-hybridized carbons (Fsp3) is 0.333. The minimum Gasteiger partial charge on any atom is -0.481 e. The van der Waals surface area contributed by atoms with Gasteiger partial charge in [0.1, 0.15) is 11.6 Å². The van der Waals surface area contributed by atoms with Crippen LogP contribution in [0.5, 0.6) is 5.88 Å². The van der Waals surface area contributed by atoms with Crippen molar-refractivity contribution in [2.75, 3.05) is 7.11 Å². The summed E-state index contributed by atoms with van der Waals surface area (Å²) >= 11 is 6.01. The van der Waals surface area contributed by atoms with Crippen molar-refractivity contribution < 1.29 is 9.13 Å². The highest BCUT2D eigenvalue weighted by Gasteiger charge is 2.15. The molecular weight excluding hydrogens is 279 g/mol. The molecule has 1 heterocycles. The predicted molar refractivity (Wildman–Crippen MR) is 76.9 cm³/mol. The van der Waals surface area contributed by atoms with Crippen molar-refractivity contribution in [2.45, 2.75) is 26.7 Å². The highest BCUT2D eigenvalue weighted by molar-refractivity contribution is 6.31. The Morgan fingerprint density at radius 3 is 2.70 bits per heavy atom. The lowest BCUT2D eigenvalue weighted by molar-refractivity contribution is 0.389. The van der Waals surface area contributed by atoms with E-state index in [0.717, 1.165) is 17.7 Å². The molecule has 0 aliphatic heterocycles. The van der Waals surface area contributed by atoms with Gasteiger partial charge in [0.2, 0.25) is 5.88 Å². The highest BCUT2D eigenvalue weighted by atomic mass is 35.5. The molecule has 0 radical (unpaired) electrons. The van der Waals surface area contributed by atoms with Crippen LogP contribution in [0, 0.1) is 12.7 Å². The van der Waals surface area contributed by atoms with Gasteiger partial charge < -0.3 is 4.74 Å². The monoisotopic (exact) mass is 294 g/mol. The first-order valence-corrected chi connectivity index (χ1v) is 6.77. The zero-order chi connectivity index (χ0) is 14.7. The fourth-order valence-corrected chi connectivity index (χ4v) is 2.33. The quantitative estimate of drug-likeness (QED) is 0.861. The van der Waals surface area contributed by atoms with Crippen molar-refractivity contribution >= 4 is 11.6 Å². The Hall–Kier alpha value is -1.68. The van der Waals surface area contributed by atoms with E-state index in [4.69, 9.17) is 16.3 Å². The second-order valence-corrected chi connectivity index (χ2v) is 4.83. The Kier molecular flexibility index (Phi) is 4.55. The van der Waals surface area contributed by atoms with Crippen molar-refractivity contribution in [2.24, 2.45) is 0 Å². The summed E-state index contributed by atoms with van der Waals surface area (Å²) in [4.78, 5) is 8.70. The number of aromatic nitrogens is 2. The van der Waals surface area contributed by atoms with Gasteiger partial charge in [0.15, 0.2) is 0 Å². The molecule has 0 spiro atoms. The Morgan fingerprint density at radius 2 is 2.05 bits per heavy atom. The summed E-state index contributed by atoms with van der Waals surface area (Å²) in [6, 6.07) is 4.78. The summed E-state index contributed by atoms with van der Waals surface area (Å²) in [6.07, 6.45) is 1.20. The minimum absolute atomic E-state index is 0.136. The van der Waals surface area contributed by atoms with Crippen LogP contribution >= 0.6 is 11.6 Å². The second-order valence-electron chi connectivity index (χ2n) is 4.45. The predicted octanol–water partition coefficient (Wildman–Crippen LogP) is 3.74. The molecule has 0 N–H and O–H groups in total. The molecule has 0 amide bonds. The van der Waals surface area contributed by atoms with Crippen LogP contribution in [0.2, 0.25) is 5.02 Å². The number of rotatable bonds is 4. The summed E-state index contributed by atoms with van der Waals surface area (Å²) in [7, 11) is 1.57. The Bertz CT molecular complexity index is 606. The maximum atomic E-state index is 13.5. The third kappa shape index (κ3) is 2.90. The highest BCUT2D eigenvalue weighted by Crippen LogP contribution is 2.27. The number of halogens is 2. The molecule has 0 unspecified atom stereocenters. The molecular formula is C15H16ClFN2O. The first-order chi connectivity index (χ1) is 9.56. The van der Waals surface area contributed by atoms with E-state index in [2.05, 4.69) is 9.97 Å². The minimum atomic E-state index is -0.422. The zero-order valence-corrected chi connectivity index (χ0v) is 12.5. The van der Waals surface area contributed by atoms with E-state index in [1.807, 2.05) is 13.8 Å². The summed E-state index contributed by atoms with van der Waals surface area (Å²) in [6.45, 7) is 3.83. The molecule has 0 saturated carbocycles. The van der Waals surface area contributed by atoms with Gasteiger partial charge in [0.05, 0.1) is 17.8 Å². The third-order valence-corrected chi connectivity index (χ3v) is 3.52. The van der Waals surface area contributed by atoms with Crippen molar-refractivity contribution in [3.8, 4) is 5.88 Å². The summed E-state index contributed by atoms with van der Waals surface area (Å²) in [5.74, 6) is 0.761. The number of nitrogens with zero attached hydrogens (tertiary/aromatic N) is 2. The molecule has 1 aromatic carbocycles. The maximum Gasteiger partial charge on any atom is 0.220 e. The van der Waals surface area contributed by atoms with Gasteiger partial charge in [-0.25, -0.2) is 9.37 Å². The van der Waals surface area contributed by atoms with E-state index in [1.165, 1.54) is 6.07 Å². The average molecular weight is 295 g/mol. The molecule has 106 valence electrons. The van der Waals surface area contributed by atoms with Crippen LogP contribution < -0.4 is 4.74 Å². The third-order valence-electron chi connectivity index (χ3n) is 3.09. The molecule has 5 heteroatoms. The number of aryl methyl sites for hydroxylation is 2.